The standard InChI is InChI=1S/C15H25N3/c1-12-5-4-6-14(9-12)18(3)15-11-17-8-7-13(15)10-16-2/h7-8,11-12,14,16H,4-6,9-10H2,1-3H3. The summed E-state index contributed by atoms with van der Waals surface area (Å²) in [5, 5.41) is 3.24. The second kappa shape index (κ2) is 6.19. The third-order valence-corrected chi connectivity index (χ3v) is 4.09. The van der Waals surface area contributed by atoms with E-state index in [9.17, 15) is 0 Å². The van der Waals surface area contributed by atoms with E-state index < -0.39 is 0 Å². The van der Waals surface area contributed by atoms with E-state index in [1.165, 1.54) is 36.9 Å². The molecule has 100 valence electrons. The largest absolute Gasteiger partial charge is 0.370 e. The Labute approximate surface area is 111 Å². The van der Waals surface area contributed by atoms with Crippen molar-refractivity contribution in [3.63, 3.8) is 0 Å². The number of aromatic nitrogens is 1. The van der Waals surface area contributed by atoms with Gasteiger partial charge < -0.3 is 10.2 Å². The summed E-state index contributed by atoms with van der Waals surface area (Å²) in [5.41, 5.74) is 2.62. The van der Waals surface area contributed by atoms with E-state index in [4.69, 9.17) is 0 Å². The Kier molecular flexibility index (Phi) is 4.59. The molecule has 0 bridgehead atoms. The van der Waals surface area contributed by atoms with Crippen LogP contribution in [-0.2, 0) is 6.54 Å². The predicted molar refractivity (Wildman–Crippen MR) is 76.8 cm³/mol. The lowest BCUT2D eigenvalue weighted by molar-refractivity contribution is 0.336. The molecule has 1 aliphatic rings. The first-order valence-corrected chi connectivity index (χ1v) is 7.02. The number of hydrogen-bond acceptors (Lipinski definition) is 3. The number of pyridine rings is 1. The van der Waals surface area contributed by atoms with E-state index in [0.717, 1.165) is 12.5 Å². The maximum atomic E-state index is 4.29. The fourth-order valence-electron chi connectivity index (χ4n) is 3.02. The topological polar surface area (TPSA) is 28.2 Å². The van der Waals surface area contributed by atoms with Gasteiger partial charge in [0.05, 0.1) is 11.9 Å². The van der Waals surface area contributed by atoms with Crippen molar-refractivity contribution in [2.24, 2.45) is 5.92 Å². The lowest BCUT2D eigenvalue weighted by Gasteiger charge is -2.36. The molecule has 1 aliphatic carbocycles. The third kappa shape index (κ3) is 3.02. The quantitative estimate of drug-likeness (QED) is 0.887. The van der Waals surface area contributed by atoms with Gasteiger partial charge in [0.2, 0.25) is 0 Å². The summed E-state index contributed by atoms with van der Waals surface area (Å²) in [6.45, 7) is 3.28. The summed E-state index contributed by atoms with van der Waals surface area (Å²) in [6, 6.07) is 2.79. The first kappa shape index (κ1) is 13.3. The summed E-state index contributed by atoms with van der Waals surface area (Å²) >= 11 is 0. The maximum absolute atomic E-state index is 4.29. The van der Waals surface area contributed by atoms with Gasteiger partial charge in [-0.1, -0.05) is 19.8 Å². The minimum absolute atomic E-state index is 0.675. The van der Waals surface area contributed by atoms with Gasteiger partial charge in [-0.05, 0) is 37.4 Å². The van der Waals surface area contributed by atoms with Crippen LogP contribution in [0.25, 0.3) is 0 Å². The summed E-state index contributed by atoms with van der Waals surface area (Å²) in [7, 11) is 4.21. The highest BCUT2D eigenvalue weighted by Crippen LogP contribution is 2.30. The molecule has 2 rings (SSSR count). The van der Waals surface area contributed by atoms with Gasteiger partial charge in [-0.3, -0.25) is 4.98 Å². The van der Waals surface area contributed by atoms with E-state index in [1.54, 1.807) is 0 Å². The molecule has 2 atom stereocenters. The SMILES string of the molecule is CNCc1ccncc1N(C)C1CCCC(C)C1. The van der Waals surface area contributed by atoms with Crippen LogP contribution in [0.15, 0.2) is 18.5 Å². The Hall–Kier alpha value is -1.09. The average molecular weight is 247 g/mol. The number of hydrogen-bond donors (Lipinski definition) is 1. The Morgan fingerprint density at radius 2 is 2.28 bits per heavy atom. The van der Waals surface area contributed by atoms with Gasteiger partial charge in [0.15, 0.2) is 0 Å². The van der Waals surface area contributed by atoms with E-state index in [1.807, 2.05) is 19.4 Å². The molecule has 1 aromatic rings. The second-order valence-electron chi connectivity index (χ2n) is 5.57. The molecular weight excluding hydrogens is 222 g/mol. The number of rotatable bonds is 4. The van der Waals surface area contributed by atoms with Gasteiger partial charge in [-0.25, -0.2) is 0 Å². The van der Waals surface area contributed by atoms with Crippen LogP contribution in [0.2, 0.25) is 0 Å². The lowest BCUT2D eigenvalue weighted by Crippen LogP contribution is -2.36. The Morgan fingerprint density at radius 3 is 3.00 bits per heavy atom. The predicted octanol–water partition coefficient (Wildman–Crippen LogP) is 2.82. The third-order valence-electron chi connectivity index (χ3n) is 4.09. The highest BCUT2D eigenvalue weighted by Gasteiger charge is 2.23. The first-order valence-electron chi connectivity index (χ1n) is 7.02. The first-order chi connectivity index (χ1) is 8.72. The Morgan fingerprint density at radius 1 is 1.44 bits per heavy atom. The van der Waals surface area contributed by atoms with Gasteiger partial charge in [0, 0.05) is 25.8 Å². The maximum Gasteiger partial charge on any atom is 0.0598 e. The van der Waals surface area contributed by atoms with Crippen molar-refractivity contribution in [3.05, 3.63) is 24.0 Å². The number of nitrogens with zero attached hydrogens (tertiary/aromatic N) is 2. The summed E-state index contributed by atoms with van der Waals surface area (Å²) in [5.74, 6) is 0.857. The van der Waals surface area contributed by atoms with E-state index in [0.29, 0.717) is 6.04 Å². The van der Waals surface area contributed by atoms with Crippen LogP contribution in [0.4, 0.5) is 5.69 Å². The van der Waals surface area contributed by atoms with Crippen molar-refractivity contribution < 1.29 is 0 Å². The molecule has 0 amide bonds. The van der Waals surface area contributed by atoms with Crippen molar-refractivity contribution in [1.29, 1.82) is 0 Å². The molecule has 1 fully saturated rings. The van der Waals surface area contributed by atoms with Gasteiger partial charge in [0.1, 0.15) is 0 Å². The summed E-state index contributed by atoms with van der Waals surface area (Å²) in [4.78, 5) is 6.73. The molecule has 0 spiro atoms. The minimum Gasteiger partial charge on any atom is -0.370 e. The van der Waals surface area contributed by atoms with Crippen LogP contribution >= 0.6 is 0 Å². The highest BCUT2D eigenvalue weighted by atomic mass is 15.1. The molecule has 0 aromatic carbocycles. The number of nitrogens with one attached hydrogen (secondary N) is 1. The van der Waals surface area contributed by atoms with Crippen LogP contribution < -0.4 is 10.2 Å². The monoisotopic (exact) mass is 247 g/mol. The lowest BCUT2D eigenvalue weighted by atomic mass is 9.86. The highest BCUT2D eigenvalue weighted by molar-refractivity contribution is 5.51. The molecule has 0 aliphatic heterocycles. The van der Waals surface area contributed by atoms with Crippen LogP contribution in [0, 0.1) is 5.92 Å². The van der Waals surface area contributed by atoms with Gasteiger partial charge in [-0.15, -0.1) is 0 Å². The molecule has 2 unspecified atom stereocenters. The molecule has 0 saturated heterocycles. The summed E-state index contributed by atoms with van der Waals surface area (Å²) in [6.07, 6.45) is 9.26. The Bertz CT molecular complexity index is 378. The van der Waals surface area contributed by atoms with E-state index >= 15 is 0 Å². The Balaban J connectivity index is 2.14. The van der Waals surface area contributed by atoms with E-state index in [2.05, 4.69) is 35.2 Å². The summed E-state index contributed by atoms with van der Waals surface area (Å²) < 4.78 is 0. The molecule has 3 heteroatoms. The van der Waals surface area contributed by atoms with Crippen LogP contribution in [0.1, 0.15) is 38.2 Å². The normalized spacial score (nSPS) is 23.9. The fraction of sp³-hybridized carbons (Fsp3) is 0.667. The van der Waals surface area contributed by atoms with E-state index in [-0.39, 0.29) is 0 Å². The fourth-order valence-corrected chi connectivity index (χ4v) is 3.02. The van der Waals surface area contributed by atoms with Gasteiger partial charge >= 0.3 is 0 Å². The minimum atomic E-state index is 0.675. The number of anilines is 1. The van der Waals surface area contributed by atoms with Crippen molar-refractivity contribution in [3.8, 4) is 0 Å². The van der Waals surface area contributed by atoms with Crippen LogP contribution in [0.3, 0.4) is 0 Å². The van der Waals surface area contributed by atoms with Crippen molar-refractivity contribution >= 4 is 5.69 Å². The zero-order valence-corrected chi connectivity index (χ0v) is 11.8. The zero-order valence-electron chi connectivity index (χ0n) is 11.8. The van der Waals surface area contributed by atoms with Gasteiger partial charge in [0.25, 0.3) is 0 Å². The molecule has 1 aromatic heterocycles. The van der Waals surface area contributed by atoms with Gasteiger partial charge in [-0.2, -0.15) is 0 Å². The van der Waals surface area contributed by atoms with Crippen LogP contribution in [-0.4, -0.2) is 25.1 Å². The smallest absolute Gasteiger partial charge is 0.0598 e. The average Bonchev–Trinajstić information content (AvgIpc) is 2.39. The van der Waals surface area contributed by atoms with Crippen molar-refractivity contribution in [1.82, 2.24) is 10.3 Å². The second-order valence-corrected chi connectivity index (χ2v) is 5.57. The molecule has 3 nitrogen and oxygen atoms in total. The molecule has 1 N–H and O–H groups in total. The molecule has 1 heterocycles. The van der Waals surface area contributed by atoms with Crippen molar-refractivity contribution in [2.45, 2.75) is 45.2 Å². The molecule has 0 radical (unpaired) electrons. The molecular formula is C15H25N3. The van der Waals surface area contributed by atoms with Crippen molar-refractivity contribution in [2.75, 3.05) is 19.0 Å². The zero-order chi connectivity index (χ0) is 13.0. The van der Waals surface area contributed by atoms with Crippen LogP contribution in [0.5, 0.6) is 0 Å². The molecule has 18 heavy (non-hydrogen) atoms. The molecule has 1 saturated carbocycles.